The number of nitro groups is 1. The highest BCUT2D eigenvalue weighted by atomic mass is 32.2. The minimum absolute atomic E-state index is 0.0177. The number of benzene rings is 1. The molecule has 0 aliphatic carbocycles. The molecule has 0 bridgehead atoms. The van der Waals surface area contributed by atoms with E-state index in [0.717, 1.165) is 18.4 Å². The Balaban J connectivity index is 2.32. The van der Waals surface area contributed by atoms with E-state index in [1.54, 1.807) is 11.0 Å². The summed E-state index contributed by atoms with van der Waals surface area (Å²) in [4.78, 5) is 11.6. The molecule has 0 spiro atoms. The Kier molecular flexibility index (Phi) is 4.30. The summed E-state index contributed by atoms with van der Waals surface area (Å²) in [6.07, 6.45) is 1.10. The van der Waals surface area contributed by atoms with Crippen molar-refractivity contribution >= 4 is 21.4 Å². The second-order valence-corrected chi connectivity index (χ2v) is 6.82. The molecule has 1 aliphatic heterocycles. The lowest BCUT2D eigenvalue weighted by Crippen LogP contribution is -2.48. The van der Waals surface area contributed by atoms with E-state index in [1.807, 2.05) is 0 Å². The molecular formula is C12H13FN4O4S. The summed E-state index contributed by atoms with van der Waals surface area (Å²) in [6.45, 7) is 0.943. The Morgan fingerprint density at radius 1 is 1.32 bits per heavy atom. The summed E-state index contributed by atoms with van der Waals surface area (Å²) in [5, 5.41) is 19.9. The van der Waals surface area contributed by atoms with E-state index in [-0.39, 0.29) is 37.4 Å². The molecule has 0 saturated carbocycles. The summed E-state index contributed by atoms with van der Waals surface area (Å²) >= 11 is 0. The van der Waals surface area contributed by atoms with Crippen LogP contribution in [0.25, 0.3) is 0 Å². The van der Waals surface area contributed by atoms with E-state index in [2.05, 4.69) is 0 Å². The molecule has 22 heavy (non-hydrogen) atoms. The predicted molar refractivity (Wildman–Crippen MR) is 76.4 cm³/mol. The second-order valence-electron chi connectivity index (χ2n) is 4.84. The van der Waals surface area contributed by atoms with Gasteiger partial charge in [-0.15, -0.1) is 0 Å². The number of nitro benzene ring substituents is 1. The molecule has 0 unspecified atom stereocenters. The zero-order valence-electron chi connectivity index (χ0n) is 11.7. The third-order valence-corrected chi connectivity index (χ3v) is 4.73. The highest BCUT2D eigenvalue weighted by molar-refractivity contribution is 7.88. The van der Waals surface area contributed by atoms with Gasteiger partial charge in [0.1, 0.15) is 6.07 Å². The standard InChI is InChI=1S/C12H13FN4O4S/c1-22(20,21)16-4-2-15(3-5-16)11-7-12(17(18)19)10(13)6-9(11)8-14/h6-7H,2-5H2,1H3. The van der Waals surface area contributed by atoms with Crippen LogP contribution in [0.5, 0.6) is 0 Å². The van der Waals surface area contributed by atoms with Crippen LogP contribution in [0.1, 0.15) is 5.56 Å². The Morgan fingerprint density at radius 3 is 2.36 bits per heavy atom. The highest BCUT2D eigenvalue weighted by Gasteiger charge is 2.27. The van der Waals surface area contributed by atoms with Gasteiger partial charge in [0, 0.05) is 38.3 Å². The van der Waals surface area contributed by atoms with Crippen molar-refractivity contribution in [3.63, 3.8) is 0 Å². The first-order valence-corrected chi connectivity index (χ1v) is 8.17. The van der Waals surface area contributed by atoms with E-state index in [4.69, 9.17) is 5.26 Å². The maximum absolute atomic E-state index is 13.6. The van der Waals surface area contributed by atoms with Gasteiger partial charge < -0.3 is 4.90 Å². The van der Waals surface area contributed by atoms with E-state index >= 15 is 0 Å². The van der Waals surface area contributed by atoms with Crippen LogP contribution in [-0.4, -0.2) is 50.1 Å². The molecular weight excluding hydrogens is 315 g/mol. The van der Waals surface area contributed by atoms with E-state index in [9.17, 15) is 22.9 Å². The van der Waals surface area contributed by atoms with Crippen LogP contribution in [0.15, 0.2) is 12.1 Å². The van der Waals surface area contributed by atoms with Crippen LogP contribution in [0.3, 0.4) is 0 Å². The molecule has 1 aliphatic rings. The lowest BCUT2D eigenvalue weighted by molar-refractivity contribution is -0.387. The van der Waals surface area contributed by atoms with Crippen molar-refractivity contribution in [3.05, 3.63) is 33.6 Å². The lowest BCUT2D eigenvalue weighted by Gasteiger charge is -2.35. The van der Waals surface area contributed by atoms with Gasteiger partial charge in [-0.05, 0) is 0 Å². The molecule has 8 nitrogen and oxygen atoms in total. The van der Waals surface area contributed by atoms with Crippen LogP contribution in [-0.2, 0) is 10.0 Å². The maximum Gasteiger partial charge on any atom is 0.306 e. The average molecular weight is 328 g/mol. The van der Waals surface area contributed by atoms with Crippen LogP contribution in [0, 0.1) is 27.3 Å². The fourth-order valence-corrected chi connectivity index (χ4v) is 3.13. The van der Waals surface area contributed by atoms with Crippen molar-refractivity contribution in [2.45, 2.75) is 0 Å². The van der Waals surface area contributed by atoms with E-state index < -0.39 is 26.5 Å². The number of piperazine rings is 1. The first-order chi connectivity index (χ1) is 10.2. The number of hydrogen-bond acceptors (Lipinski definition) is 6. The molecule has 0 radical (unpaired) electrons. The normalized spacial score (nSPS) is 16.3. The fraction of sp³-hybridized carbons (Fsp3) is 0.417. The fourth-order valence-electron chi connectivity index (χ4n) is 2.30. The van der Waals surface area contributed by atoms with Crippen molar-refractivity contribution in [1.29, 1.82) is 5.26 Å². The first-order valence-electron chi connectivity index (χ1n) is 6.32. The number of nitrogens with zero attached hydrogens (tertiary/aromatic N) is 4. The molecule has 0 aromatic heterocycles. The van der Waals surface area contributed by atoms with Gasteiger partial charge in [-0.3, -0.25) is 10.1 Å². The minimum atomic E-state index is -3.30. The Morgan fingerprint density at radius 2 is 1.91 bits per heavy atom. The van der Waals surface area contributed by atoms with Gasteiger partial charge in [0.2, 0.25) is 15.8 Å². The van der Waals surface area contributed by atoms with Crippen molar-refractivity contribution in [2.24, 2.45) is 0 Å². The quantitative estimate of drug-likeness (QED) is 0.596. The van der Waals surface area contributed by atoms with Gasteiger partial charge >= 0.3 is 5.69 Å². The van der Waals surface area contributed by atoms with Gasteiger partial charge in [-0.1, -0.05) is 0 Å². The van der Waals surface area contributed by atoms with Crippen molar-refractivity contribution in [2.75, 3.05) is 37.3 Å². The zero-order chi connectivity index (χ0) is 16.5. The Labute approximate surface area is 126 Å². The Hall–Kier alpha value is -2.25. The number of nitriles is 1. The van der Waals surface area contributed by atoms with Gasteiger partial charge in [-0.2, -0.15) is 14.0 Å². The van der Waals surface area contributed by atoms with Gasteiger partial charge in [0.05, 0.1) is 22.4 Å². The summed E-state index contributed by atoms with van der Waals surface area (Å²) in [5.41, 5.74) is -0.487. The van der Waals surface area contributed by atoms with Crippen molar-refractivity contribution in [3.8, 4) is 6.07 Å². The molecule has 1 saturated heterocycles. The minimum Gasteiger partial charge on any atom is -0.368 e. The number of sulfonamides is 1. The molecule has 118 valence electrons. The highest BCUT2D eigenvalue weighted by Crippen LogP contribution is 2.29. The first kappa shape index (κ1) is 16.1. The number of hydrogen-bond donors (Lipinski definition) is 0. The van der Waals surface area contributed by atoms with Crippen molar-refractivity contribution < 1.29 is 17.7 Å². The molecule has 1 aromatic rings. The number of anilines is 1. The average Bonchev–Trinajstić information content (AvgIpc) is 2.45. The van der Waals surface area contributed by atoms with Gasteiger partial charge in [-0.25, -0.2) is 8.42 Å². The molecule has 0 amide bonds. The van der Waals surface area contributed by atoms with Crippen LogP contribution < -0.4 is 4.90 Å². The molecule has 1 heterocycles. The van der Waals surface area contributed by atoms with Gasteiger partial charge in [0.15, 0.2) is 0 Å². The molecule has 1 aromatic carbocycles. The van der Waals surface area contributed by atoms with Gasteiger partial charge in [0.25, 0.3) is 0 Å². The monoisotopic (exact) mass is 328 g/mol. The molecule has 0 N–H and O–H groups in total. The molecule has 2 rings (SSSR count). The second kappa shape index (κ2) is 5.86. The Bertz CT molecular complexity index is 751. The number of rotatable bonds is 3. The van der Waals surface area contributed by atoms with Crippen molar-refractivity contribution in [1.82, 2.24) is 4.31 Å². The largest absolute Gasteiger partial charge is 0.368 e. The molecule has 0 atom stereocenters. The third-order valence-electron chi connectivity index (χ3n) is 3.43. The smallest absolute Gasteiger partial charge is 0.306 e. The summed E-state index contributed by atoms with van der Waals surface area (Å²) in [7, 11) is -3.30. The topological polar surface area (TPSA) is 108 Å². The predicted octanol–water partition coefficient (Wildman–Crippen LogP) is 0.687. The van der Waals surface area contributed by atoms with Crippen LogP contribution in [0.2, 0.25) is 0 Å². The summed E-state index contributed by atoms with van der Waals surface area (Å²) in [6, 6.07) is 3.65. The van der Waals surface area contributed by atoms with E-state index in [0.29, 0.717) is 0 Å². The lowest BCUT2D eigenvalue weighted by atomic mass is 10.1. The maximum atomic E-state index is 13.6. The summed E-state index contributed by atoms with van der Waals surface area (Å²) < 4.78 is 37.8. The summed E-state index contributed by atoms with van der Waals surface area (Å²) in [5.74, 6) is -1.07. The van der Waals surface area contributed by atoms with E-state index in [1.165, 1.54) is 4.31 Å². The number of halogens is 1. The zero-order valence-corrected chi connectivity index (χ0v) is 12.5. The molecule has 10 heteroatoms. The molecule has 1 fully saturated rings. The van der Waals surface area contributed by atoms with Crippen LogP contribution >= 0.6 is 0 Å². The third kappa shape index (κ3) is 3.15. The van der Waals surface area contributed by atoms with Crippen LogP contribution in [0.4, 0.5) is 15.8 Å². The SMILES string of the molecule is CS(=O)(=O)N1CCN(c2cc([N+](=O)[O-])c(F)cc2C#N)CC1.